The number of nitrogens with zero attached hydrogens (tertiary/aromatic N) is 10. The summed E-state index contributed by atoms with van der Waals surface area (Å²) in [6.45, 7) is 20.6. The van der Waals surface area contributed by atoms with E-state index in [1.807, 2.05) is 86.8 Å². The van der Waals surface area contributed by atoms with Gasteiger partial charge in [-0.25, -0.2) is 30.6 Å². The number of hydrogen-bond donors (Lipinski definition) is 4. The molecule has 21 nitrogen and oxygen atoms in total. The van der Waals surface area contributed by atoms with E-state index in [0.29, 0.717) is 70.6 Å². The average Bonchev–Trinajstić information content (AvgIpc) is 1.61. The Morgan fingerprint density at radius 2 is 0.962 bits per heavy atom. The lowest BCUT2D eigenvalue weighted by Gasteiger charge is -2.19. The number of nitrogens with two attached hydrogens (primary N) is 1. The van der Waals surface area contributed by atoms with E-state index in [1.54, 1.807) is 69.4 Å². The zero-order valence-electron chi connectivity index (χ0n) is 60.3. The molecule has 1 unspecified atom stereocenters. The monoisotopic (exact) mass is 1530 g/mol. The van der Waals surface area contributed by atoms with Gasteiger partial charge in [0.2, 0.25) is 5.78 Å². The number of fused-ring (bicyclic) bond motifs is 6. The molecule has 1 atom stereocenters. The van der Waals surface area contributed by atoms with E-state index in [4.69, 9.17) is 126 Å². The lowest BCUT2D eigenvalue weighted by atomic mass is 10.0. The minimum absolute atomic E-state index is 0.00137. The molecule has 105 heavy (non-hydrogen) atoms. The molecule has 546 valence electrons. The number of Topliss-reactive ketones (excluding diaryl/α,β-unsaturated/α-hetero) is 1. The number of carbonyl (C=O) groups excluding carboxylic acids is 1. The van der Waals surface area contributed by atoms with Crippen molar-refractivity contribution in [3.63, 3.8) is 0 Å². The Morgan fingerprint density at radius 3 is 1.40 bits per heavy atom. The normalized spacial score (nSPS) is 12.7. The molecule has 0 aliphatic heterocycles. The predicted molar refractivity (Wildman–Crippen MR) is 419 cm³/mol. The maximum absolute atomic E-state index is 12.6. The molecule has 3 aliphatic rings. The van der Waals surface area contributed by atoms with E-state index in [9.17, 15) is 9.59 Å². The quantitative estimate of drug-likeness (QED) is 0.0551. The van der Waals surface area contributed by atoms with E-state index in [-0.39, 0.29) is 11.3 Å². The first-order valence-corrected chi connectivity index (χ1v) is 36.5. The van der Waals surface area contributed by atoms with Crippen LogP contribution in [0.4, 0.5) is 11.6 Å². The van der Waals surface area contributed by atoms with Crippen molar-refractivity contribution in [2.45, 2.75) is 131 Å². The molecule has 5 aromatic carbocycles. The summed E-state index contributed by atoms with van der Waals surface area (Å²) in [5.41, 5.74) is 25.7. The number of aromatic nitrogens is 11. The minimum Gasteiger partial charge on any atom is -0.497 e. The molecule has 15 rings (SSSR count). The summed E-state index contributed by atoms with van der Waals surface area (Å²) in [5.74, 6) is 4.83. The topological polar surface area (TPSA) is 245 Å². The van der Waals surface area contributed by atoms with Crippen LogP contribution in [-0.4, -0.2) is 101 Å². The smallest absolute Gasteiger partial charge is 0.307 e. The number of aryl methyl sites for hydroxylation is 7. The number of halogens is 6. The van der Waals surface area contributed by atoms with E-state index in [1.165, 1.54) is 29.8 Å². The number of nitrogen functional groups attached to an aromatic ring is 1. The van der Waals surface area contributed by atoms with Gasteiger partial charge >= 0.3 is 6.04 Å². The summed E-state index contributed by atoms with van der Waals surface area (Å²) in [4.78, 5) is 41.7. The molecule has 0 radical (unpaired) electrons. The number of H-pyrrole nitrogens is 2. The molecule has 7 heterocycles. The van der Waals surface area contributed by atoms with Gasteiger partial charge in [-0.2, -0.15) is 19.8 Å². The fourth-order valence-electron chi connectivity index (χ4n) is 13.5. The molecule has 3 aliphatic carbocycles. The van der Waals surface area contributed by atoms with Crippen LogP contribution in [0.2, 0.25) is 30.3 Å². The van der Waals surface area contributed by atoms with Gasteiger partial charge in [0.1, 0.15) is 39.7 Å². The van der Waals surface area contributed by atoms with E-state index in [0.717, 1.165) is 189 Å². The van der Waals surface area contributed by atoms with Gasteiger partial charge in [-0.15, -0.1) is 0 Å². The maximum Gasteiger partial charge on any atom is 0.307 e. The third-order valence-electron chi connectivity index (χ3n) is 18.9. The summed E-state index contributed by atoms with van der Waals surface area (Å²) in [7, 11) is 8.00. The molecule has 5 N–H and O–H groups in total. The fourth-order valence-corrected chi connectivity index (χ4v) is 15.1. The number of rotatable bonds is 15. The van der Waals surface area contributed by atoms with Gasteiger partial charge in [0.25, 0.3) is 5.56 Å². The number of nitrogens with one attached hydrogen (secondary N) is 3. The van der Waals surface area contributed by atoms with Gasteiger partial charge in [-0.3, -0.25) is 24.6 Å². The van der Waals surface area contributed by atoms with Crippen molar-refractivity contribution >= 4 is 104 Å². The highest BCUT2D eigenvalue weighted by Crippen LogP contribution is 2.43. The molecule has 0 spiro atoms. The SMILES string of the molecule is CCC(CC)Nc1c2c(nc3c(-c4ccc(OC)cc4Cl)c(C)nn13)CCC2.COc1ccc(-c2c(C)[nH]n3c(=O)c4c(nc23)CCC4)c(Cl)c1.COc1ccc(-c2c(C)nn3c(Cl)c4c(nc23)CCC4)c(Cl)c1.COc1ccc(-c2c(N)n[nH]c2C)c(Cl)c1.[C-]#[N+]C(C(C)=O)c1ccc(OC)cc1Cl. The summed E-state index contributed by atoms with van der Waals surface area (Å²) in [6.07, 6.45) is 11.0. The molecule has 0 saturated carbocycles. The molecule has 0 amide bonds. The number of anilines is 2. The van der Waals surface area contributed by atoms with Crippen LogP contribution in [0.25, 0.3) is 66.3 Å². The third kappa shape index (κ3) is 15.7. The van der Waals surface area contributed by atoms with Gasteiger partial charge in [0, 0.05) is 85.8 Å². The maximum atomic E-state index is 12.6. The second-order valence-electron chi connectivity index (χ2n) is 25.5. The summed E-state index contributed by atoms with van der Waals surface area (Å²) in [5, 5.41) is 26.6. The van der Waals surface area contributed by atoms with Crippen molar-refractivity contribution in [2.24, 2.45) is 0 Å². The Kier molecular flexibility index (Phi) is 24.3. The van der Waals surface area contributed by atoms with Crippen LogP contribution in [0.5, 0.6) is 28.7 Å². The lowest BCUT2D eigenvalue weighted by Crippen LogP contribution is -2.21. The zero-order chi connectivity index (χ0) is 75.2. The van der Waals surface area contributed by atoms with Gasteiger partial charge in [0.15, 0.2) is 22.8 Å². The van der Waals surface area contributed by atoms with Crippen molar-refractivity contribution in [1.82, 2.24) is 54.0 Å². The van der Waals surface area contributed by atoms with E-state index in [2.05, 4.69) is 44.4 Å². The summed E-state index contributed by atoms with van der Waals surface area (Å²) >= 11 is 38.1. The Hall–Kier alpha value is -9.53. The second-order valence-corrected chi connectivity index (χ2v) is 27.9. The zero-order valence-corrected chi connectivity index (χ0v) is 64.8. The molecule has 27 heteroatoms. The Morgan fingerprint density at radius 1 is 0.552 bits per heavy atom. The molecular formula is C78H80Cl6N14O7. The average molecular weight is 1540 g/mol. The van der Waals surface area contributed by atoms with Crippen molar-refractivity contribution in [2.75, 3.05) is 46.6 Å². The minimum atomic E-state index is -0.816. The highest BCUT2D eigenvalue weighted by Gasteiger charge is 2.30. The van der Waals surface area contributed by atoms with Crippen LogP contribution < -0.4 is 40.3 Å². The van der Waals surface area contributed by atoms with Gasteiger partial charge in [-0.05, 0) is 189 Å². The second kappa shape index (κ2) is 33.3. The van der Waals surface area contributed by atoms with Crippen LogP contribution in [-0.2, 0) is 43.3 Å². The Balaban J connectivity index is 0.000000134. The largest absolute Gasteiger partial charge is 0.497 e. The summed E-state index contributed by atoms with van der Waals surface area (Å²) in [6, 6.07) is 26.9. The Bertz CT molecular complexity index is 5360. The van der Waals surface area contributed by atoms with E-state index < -0.39 is 6.04 Å². The van der Waals surface area contributed by atoms with Crippen molar-refractivity contribution < 1.29 is 28.5 Å². The molecule has 12 aromatic rings. The molecule has 0 fully saturated rings. The first kappa shape index (κ1) is 76.6. The van der Waals surface area contributed by atoms with Crippen LogP contribution in [0.15, 0.2) is 95.8 Å². The standard InChI is InChI=1S/C22H27ClN4O.C17H15Cl2N3O.C17H16ClN3O2.C11H12ClN3O.C11H10ClNO2/c1-5-14(6-2)24-21-17-8-7-9-19(17)25-22-20(13(3)26-27(21)22)16-11-10-15(28-4)12-18(16)23;1-9-15(11-7-6-10(23-2)8-13(11)18)17-20-14-5-3-4-12(14)16(19)22(17)21-9;1-9-15(11-7-6-10(23-2)8-13(11)18)16-19-14-5-3-4-12(14)17(22)21(16)20-9;1-6-10(11(13)15-14-6)8-4-3-7(16-2)5-9(8)12;1-7(14)11(13-2)9-5-4-8(15-3)6-10(9)12/h10-12,14,24H,5-9H2,1-4H3;6-8H,3-5H2,1-2H3;6-8,20H,3-5H2,1-2H3;3-5H,1-2H3,(H3,13,14,15);4-6,11H,1,3H3. The highest BCUT2D eigenvalue weighted by molar-refractivity contribution is 6.35. The number of benzene rings is 5. The van der Waals surface area contributed by atoms with Crippen LogP contribution in [0.3, 0.4) is 0 Å². The Labute approximate surface area is 638 Å². The number of hydrogen-bond acceptors (Lipinski definition) is 15. The predicted octanol–water partition coefficient (Wildman–Crippen LogP) is 18.6. The molecule has 0 bridgehead atoms. The van der Waals surface area contributed by atoms with Crippen LogP contribution in [0, 0.1) is 34.3 Å². The molecule has 0 saturated heterocycles. The van der Waals surface area contributed by atoms with Gasteiger partial charge in [0.05, 0.1) is 94.4 Å². The first-order chi connectivity index (χ1) is 50.5. The van der Waals surface area contributed by atoms with Crippen molar-refractivity contribution in [3.05, 3.63) is 205 Å². The van der Waals surface area contributed by atoms with E-state index >= 15 is 0 Å². The third-order valence-corrected chi connectivity index (χ3v) is 20.9. The first-order valence-electron chi connectivity index (χ1n) is 34.2. The van der Waals surface area contributed by atoms with Crippen LogP contribution in [0.1, 0.15) is 121 Å². The van der Waals surface area contributed by atoms with Crippen molar-refractivity contribution in [1.29, 1.82) is 0 Å². The molecular weight excluding hydrogens is 1460 g/mol. The number of carbonyl (C=O) groups is 1. The highest BCUT2D eigenvalue weighted by atomic mass is 35.5. The molecule has 7 aromatic heterocycles. The van der Waals surface area contributed by atoms with Crippen LogP contribution >= 0.6 is 69.6 Å². The summed E-state index contributed by atoms with van der Waals surface area (Å²) < 4.78 is 31.1. The number of methoxy groups -OCH3 is 5. The van der Waals surface area contributed by atoms with Crippen molar-refractivity contribution in [3.8, 4) is 73.3 Å². The number of aromatic amines is 2. The number of ketones is 1. The van der Waals surface area contributed by atoms with Gasteiger partial charge < -0.3 is 34.7 Å². The lowest BCUT2D eigenvalue weighted by molar-refractivity contribution is -0.117. The van der Waals surface area contributed by atoms with Gasteiger partial charge in [-0.1, -0.05) is 83.5 Å². The number of ether oxygens (including phenoxy) is 5. The fraction of sp³-hybridized carbons (Fsp3) is 0.321.